The molecule has 0 unspecified atom stereocenters. The molecule has 2 N–H and O–H groups in total. The van der Waals surface area contributed by atoms with Gasteiger partial charge in [0.1, 0.15) is 5.82 Å². The lowest BCUT2D eigenvalue weighted by atomic mass is 9.77. The van der Waals surface area contributed by atoms with Crippen LogP contribution in [0.1, 0.15) is 45.8 Å². The molecule has 6 rings (SSSR count). The van der Waals surface area contributed by atoms with Gasteiger partial charge in [-0.25, -0.2) is 9.37 Å². The van der Waals surface area contributed by atoms with Gasteiger partial charge in [0.25, 0.3) is 5.91 Å². The Morgan fingerprint density at radius 2 is 1.66 bits per heavy atom. The first kappa shape index (κ1) is 26.7. The molecule has 7 heteroatoms. The van der Waals surface area contributed by atoms with Gasteiger partial charge in [0.05, 0.1) is 17.2 Å². The van der Waals surface area contributed by atoms with Gasteiger partial charge in [0.2, 0.25) is 0 Å². The van der Waals surface area contributed by atoms with Crippen LogP contribution >= 0.6 is 0 Å². The third-order valence-corrected chi connectivity index (χ3v) is 8.04. The van der Waals surface area contributed by atoms with E-state index >= 15 is 4.39 Å². The number of pyridine rings is 1. The van der Waals surface area contributed by atoms with Gasteiger partial charge < -0.3 is 19.9 Å². The first-order valence-electron chi connectivity index (χ1n) is 13.9. The number of H-pyrrole nitrogens is 1. The maximum absolute atomic E-state index is 16.0. The van der Waals surface area contributed by atoms with E-state index in [-0.39, 0.29) is 23.7 Å². The van der Waals surface area contributed by atoms with Gasteiger partial charge in [-0.1, -0.05) is 72.8 Å². The highest BCUT2D eigenvalue weighted by Gasteiger charge is 2.33. The molecular weight excluding hydrogens is 515 g/mol. The summed E-state index contributed by atoms with van der Waals surface area (Å²) in [5, 5.41) is 3.42. The number of rotatable bonds is 9. The molecule has 5 aromatic rings. The smallest absolute Gasteiger partial charge is 0.253 e. The van der Waals surface area contributed by atoms with Crippen LogP contribution in [0, 0.1) is 5.82 Å². The molecular formula is C34H33FN4O2. The van der Waals surface area contributed by atoms with Crippen LogP contribution in [0.5, 0.6) is 0 Å². The number of carbonyl (C=O) groups is 1. The molecule has 0 bridgehead atoms. The van der Waals surface area contributed by atoms with E-state index in [2.05, 4.69) is 39.5 Å². The summed E-state index contributed by atoms with van der Waals surface area (Å²) in [6, 6.07) is 27.8. The van der Waals surface area contributed by atoms with Crippen molar-refractivity contribution >= 4 is 22.6 Å². The topological polar surface area (TPSA) is 70.2 Å². The summed E-state index contributed by atoms with van der Waals surface area (Å²) >= 11 is 0. The number of carbonyl (C=O) groups excluding carboxylic acids is 1. The van der Waals surface area contributed by atoms with Crippen molar-refractivity contribution < 1.29 is 13.9 Å². The molecule has 0 spiro atoms. The van der Waals surface area contributed by atoms with E-state index in [4.69, 9.17) is 9.72 Å². The monoisotopic (exact) mass is 548 g/mol. The number of hydrogen-bond acceptors (Lipinski definition) is 4. The van der Waals surface area contributed by atoms with Crippen LogP contribution in [-0.2, 0) is 17.8 Å². The SMILES string of the molecule is CNC(=O)c1cnc(N(Cc2ccccc2)Cc2ccccc2)c2[nH]c(-c3cccc(C4CC(OC)C4)c3F)cc12. The van der Waals surface area contributed by atoms with Crippen molar-refractivity contribution in [1.29, 1.82) is 0 Å². The molecule has 0 radical (unpaired) electrons. The van der Waals surface area contributed by atoms with Crippen molar-refractivity contribution in [1.82, 2.24) is 15.3 Å². The normalized spacial score (nSPS) is 16.4. The highest BCUT2D eigenvalue weighted by molar-refractivity contribution is 6.09. The first-order valence-corrected chi connectivity index (χ1v) is 13.9. The summed E-state index contributed by atoms with van der Waals surface area (Å²) in [7, 11) is 3.30. The summed E-state index contributed by atoms with van der Waals surface area (Å²) in [6.45, 7) is 1.22. The number of halogens is 1. The molecule has 0 atom stereocenters. The molecule has 208 valence electrons. The van der Waals surface area contributed by atoms with Crippen LogP contribution in [-0.4, -0.2) is 36.1 Å². The number of benzene rings is 3. The maximum Gasteiger partial charge on any atom is 0.253 e. The number of nitrogens with one attached hydrogen (secondary N) is 2. The minimum atomic E-state index is -0.244. The largest absolute Gasteiger partial charge is 0.381 e. The highest BCUT2D eigenvalue weighted by atomic mass is 19.1. The van der Waals surface area contributed by atoms with E-state index < -0.39 is 0 Å². The standard InChI is InChI=1S/C34H33FN4O2/c1-36-34(40)29-19-37-33(39(20-22-10-5-3-6-11-22)21-23-12-7-4-8-13-23)32-28(29)18-30(38-32)27-15-9-14-26(31(27)35)24-16-25(17-24)41-2/h3-15,18-19,24-25,38H,16-17,20-21H2,1-2H3,(H,36,40). The Balaban J connectivity index is 1.47. The highest BCUT2D eigenvalue weighted by Crippen LogP contribution is 2.42. The fourth-order valence-corrected chi connectivity index (χ4v) is 5.70. The third-order valence-electron chi connectivity index (χ3n) is 8.04. The summed E-state index contributed by atoms with van der Waals surface area (Å²) in [4.78, 5) is 23.4. The molecule has 1 aliphatic carbocycles. The molecule has 1 fully saturated rings. The lowest BCUT2D eigenvalue weighted by molar-refractivity contribution is 0.0250. The number of anilines is 1. The molecule has 1 amide bonds. The van der Waals surface area contributed by atoms with Crippen LogP contribution < -0.4 is 10.2 Å². The van der Waals surface area contributed by atoms with Gasteiger partial charge in [0, 0.05) is 50.1 Å². The third kappa shape index (κ3) is 5.33. The van der Waals surface area contributed by atoms with Crippen molar-refractivity contribution in [3.8, 4) is 11.3 Å². The number of methoxy groups -OCH3 is 1. The summed E-state index contributed by atoms with van der Waals surface area (Å²) in [5.41, 5.74) is 5.19. The molecule has 6 nitrogen and oxygen atoms in total. The van der Waals surface area contributed by atoms with Gasteiger partial charge in [-0.2, -0.15) is 0 Å². The first-order chi connectivity index (χ1) is 20.1. The molecule has 1 saturated carbocycles. The van der Waals surface area contributed by atoms with E-state index in [1.807, 2.05) is 54.6 Å². The molecule has 0 aliphatic heterocycles. The minimum Gasteiger partial charge on any atom is -0.381 e. The van der Waals surface area contributed by atoms with Crippen LogP contribution in [0.3, 0.4) is 0 Å². The van der Waals surface area contributed by atoms with Gasteiger partial charge >= 0.3 is 0 Å². The molecule has 3 aromatic carbocycles. The number of ether oxygens (including phenoxy) is 1. The van der Waals surface area contributed by atoms with Crippen molar-refractivity contribution in [3.63, 3.8) is 0 Å². The van der Waals surface area contributed by atoms with Crippen molar-refractivity contribution in [2.45, 2.75) is 38.0 Å². The van der Waals surface area contributed by atoms with E-state index in [9.17, 15) is 4.79 Å². The Morgan fingerprint density at radius 1 is 1.00 bits per heavy atom. The Bertz CT molecular complexity index is 1620. The number of hydrogen-bond donors (Lipinski definition) is 2. The zero-order valence-corrected chi connectivity index (χ0v) is 23.2. The van der Waals surface area contributed by atoms with Crippen molar-refractivity contribution in [2.24, 2.45) is 0 Å². The number of fused-ring (bicyclic) bond motifs is 1. The van der Waals surface area contributed by atoms with E-state index in [0.29, 0.717) is 52.2 Å². The Morgan fingerprint density at radius 3 is 2.27 bits per heavy atom. The molecule has 0 saturated heterocycles. The molecule has 1 aliphatic rings. The number of aromatic nitrogens is 2. The second-order valence-electron chi connectivity index (χ2n) is 10.6. The van der Waals surface area contributed by atoms with E-state index in [1.54, 1.807) is 26.4 Å². The van der Waals surface area contributed by atoms with Crippen LogP contribution in [0.15, 0.2) is 91.1 Å². The maximum atomic E-state index is 16.0. The second kappa shape index (κ2) is 11.6. The van der Waals surface area contributed by atoms with Crippen molar-refractivity contribution in [3.05, 3.63) is 119 Å². The Kier molecular flexibility index (Phi) is 7.53. The summed E-state index contributed by atoms with van der Waals surface area (Å²) in [5.74, 6) is 0.354. The second-order valence-corrected chi connectivity index (χ2v) is 10.6. The van der Waals surface area contributed by atoms with Gasteiger partial charge in [-0.15, -0.1) is 0 Å². The predicted molar refractivity (Wildman–Crippen MR) is 160 cm³/mol. The quantitative estimate of drug-likeness (QED) is 0.212. The van der Waals surface area contributed by atoms with Crippen molar-refractivity contribution in [2.75, 3.05) is 19.1 Å². The fourth-order valence-electron chi connectivity index (χ4n) is 5.70. The zero-order chi connectivity index (χ0) is 28.3. The molecule has 2 aromatic heterocycles. The summed E-state index contributed by atoms with van der Waals surface area (Å²) < 4.78 is 21.4. The number of nitrogens with zero attached hydrogens (tertiary/aromatic N) is 2. The zero-order valence-electron chi connectivity index (χ0n) is 23.2. The van der Waals surface area contributed by atoms with E-state index in [0.717, 1.165) is 24.0 Å². The molecule has 2 heterocycles. The van der Waals surface area contributed by atoms with Crippen LogP contribution in [0.2, 0.25) is 0 Å². The van der Waals surface area contributed by atoms with E-state index in [1.165, 1.54) is 0 Å². The van der Waals surface area contributed by atoms with Gasteiger partial charge in [-0.05, 0) is 47.6 Å². The van der Waals surface area contributed by atoms with Crippen LogP contribution in [0.25, 0.3) is 22.2 Å². The van der Waals surface area contributed by atoms with Gasteiger partial charge in [0.15, 0.2) is 5.82 Å². The lowest BCUT2D eigenvalue weighted by Crippen LogP contribution is -2.29. The number of amides is 1. The lowest BCUT2D eigenvalue weighted by Gasteiger charge is -2.34. The Labute approximate surface area is 239 Å². The molecule has 41 heavy (non-hydrogen) atoms. The number of aromatic amines is 1. The Hall–Kier alpha value is -4.49. The fraction of sp³-hybridized carbons (Fsp3) is 0.235. The average Bonchev–Trinajstić information content (AvgIpc) is 3.42. The van der Waals surface area contributed by atoms with Crippen LogP contribution in [0.4, 0.5) is 10.2 Å². The minimum absolute atomic E-state index is 0.134. The average molecular weight is 549 g/mol. The summed E-state index contributed by atoms with van der Waals surface area (Å²) in [6.07, 6.45) is 3.42. The van der Waals surface area contributed by atoms with Gasteiger partial charge in [-0.3, -0.25) is 4.79 Å². The predicted octanol–water partition coefficient (Wildman–Crippen LogP) is 6.83.